The van der Waals surface area contributed by atoms with Crippen molar-refractivity contribution < 1.29 is 14.3 Å². The van der Waals surface area contributed by atoms with Crippen molar-refractivity contribution in [3.63, 3.8) is 0 Å². The Hall–Kier alpha value is -2.32. The fourth-order valence-electron chi connectivity index (χ4n) is 2.81. The first-order valence-corrected chi connectivity index (χ1v) is 8.55. The predicted molar refractivity (Wildman–Crippen MR) is 112 cm³/mol. The number of ether oxygens (including phenoxy) is 2. The third-order valence-corrected chi connectivity index (χ3v) is 4.16. The summed E-state index contributed by atoms with van der Waals surface area (Å²) in [6.45, 7) is 2.11. The molecule has 2 aromatic heterocycles. The van der Waals surface area contributed by atoms with Gasteiger partial charge < -0.3 is 24.5 Å². The summed E-state index contributed by atoms with van der Waals surface area (Å²) in [5, 5.41) is 6.01. The summed E-state index contributed by atoms with van der Waals surface area (Å²) >= 11 is 0. The average molecular weight is 425 g/mol. The van der Waals surface area contributed by atoms with E-state index in [0.29, 0.717) is 26.4 Å². The molecule has 0 saturated carbocycles. The first-order valence-electron chi connectivity index (χ1n) is 8.55. The Balaban J connectivity index is 0.00000140. The van der Waals surface area contributed by atoms with Crippen molar-refractivity contribution in [2.24, 2.45) is 0 Å². The number of nitrogens with one attached hydrogen (secondary N) is 2. The van der Waals surface area contributed by atoms with Crippen LogP contribution < -0.4 is 15.4 Å². The molecule has 1 saturated heterocycles. The Kier molecular flexibility index (Phi) is 8.07. The van der Waals surface area contributed by atoms with Gasteiger partial charge in [-0.25, -0.2) is 4.98 Å². The smallest absolute Gasteiger partial charge is 0.243 e. The second-order valence-electron chi connectivity index (χ2n) is 6.08. The van der Waals surface area contributed by atoms with Gasteiger partial charge in [0.1, 0.15) is 24.0 Å². The zero-order valence-corrected chi connectivity index (χ0v) is 16.7. The summed E-state index contributed by atoms with van der Waals surface area (Å²) in [7, 11) is 0. The van der Waals surface area contributed by atoms with E-state index in [1.165, 1.54) is 0 Å². The molecule has 1 aromatic carbocycles. The molecule has 1 fully saturated rings. The third-order valence-electron chi connectivity index (χ3n) is 4.16. The molecule has 0 aliphatic carbocycles. The molecule has 150 valence electrons. The van der Waals surface area contributed by atoms with Crippen LogP contribution >= 0.6 is 24.8 Å². The van der Waals surface area contributed by atoms with Gasteiger partial charge in [0.2, 0.25) is 5.91 Å². The number of halogens is 2. The van der Waals surface area contributed by atoms with Gasteiger partial charge in [-0.1, -0.05) is 6.07 Å². The summed E-state index contributed by atoms with van der Waals surface area (Å²) in [6, 6.07) is 12.9. The van der Waals surface area contributed by atoms with Crippen LogP contribution in [0.15, 0.2) is 54.9 Å². The Morgan fingerprint density at radius 1 is 1.25 bits per heavy atom. The van der Waals surface area contributed by atoms with Gasteiger partial charge in [-0.15, -0.1) is 24.8 Å². The average Bonchev–Trinajstić information content (AvgIpc) is 3.11. The van der Waals surface area contributed by atoms with Crippen LogP contribution in [-0.4, -0.2) is 41.1 Å². The highest BCUT2D eigenvalue weighted by atomic mass is 35.5. The van der Waals surface area contributed by atoms with Crippen LogP contribution in [0.5, 0.6) is 5.75 Å². The van der Waals surface area contributed by atoms with E-state index in [1.807, 2.05) is 59.3 Å². The Labute approximate surface area is 175 Å². The molecule has 1 atom stereocenters. The van der Waals surface area contributed by atoms with Crippen molar-refractivity contribution in [3.8, 4) is 5.75 Å². The Morgan fingerprint density at radius 3 is 2.79 bits per heavy atom. The molecule has 4 rings (SSSR count). The van der Waals surface area contributed by atoms with Gasteiger partial charge in [0, 0.05) is 24.6 Å². The van der Waals surface area contributed by atoms with Crippen molar-refractivity contribution in [3.05, 3.63) is 60.6 Å². The monoisotopic (exact) mass is 424 g/mol. The highest BCUT2D eigenvalue weighted by molar-refractivity contribution is 5.95. The number of imidazole rings is 1. The number of hydrogen-bond acceptors (Lipinski definition) is 5. The number of carbonyl (C=O) groups is 1. The van der Waals surface area contributed by atoms with E-state index in [9.17, 15) is 4.79 Å². The number of amides is 1. The zero-order valence-electron chi connectivity index (χ0n) is 15.0. The number of benzene rings is 1. The summed E-state index contributed by atoms with van der Waals surface area (Å²) < 4.78 is 13.0. The van der Waals surface area contributed by atoms with Gasteiger partial charge in [-0.2, -0.15) is 0 Å². The number of morpholine rings is 1. The van der Waals surface area contributed by atoms with Crippen LogP contribution in [0.4, 0.5) is 5.69 Å². The summed E-state index contributed by atoms with van der Waals surface area (Å²) in [6.07, 6.45) is 3.90. The van der Waals surface area contributed by atoms with Gasteiger partial charge >= 0.3 is 0 Å². The van der Waals surface area contributed by atoms with Gasteiger partial charge in [-0.05, 0) is 36.4 Å². The van der Waals surface area contributed by atoms with Crippen LogP contribution in [0.3, 0.4) is 0 Å². The minimum atomic E-state index is -0.310. The molecule has 1 unspecified atom stereocenters. The first-order chi connectivity index (χ1) is 12.8. The molecule has 7 nitrogen and oxygen atoms in total. The van der Waals surface area contributed by atoms with Crippen LogP contribution in [-0.2, 0) is 16.1 Å². The van der Waals surface area contributed by atoms with Gasteiger partial charge in [-0.3, -0.25) is 4.79 Å². The molecule has 2 N–H and O–H groups in total. The minimum Gasteiger partial charge on any atom is -0.487 e. The number of rotatable bonds is 5. The van der Waals surface area contributed by atoms with Crippen molar-refractivity contribution >= 4 is 42.1 Å². The zero-order chi connectivity index (χ0) is 17.8. The summed E-state index contributed by atoms with van der Waals surface area (Å²) in [4.78, 5) is 16.7. The summed E-state index contributed by atoms with van der Waals surface area (Å²) in [5.74, 6) is 0.627. The van der Waals surface area contributed by atoms with Gasteiger partial charge in [0.15, 0.2) is 0 Å². The molecule has 1 aliphatic rings. The van der Waals surface area contributed by atoms with Crippen molar-refractivity contribution in [2.75, 3.05) is 25.1 Å². The highest BCUT2D eigenvalue weighted by Crippen LogP contribution is 2.17. The third kappa shape index (κ3) is 5.36. The number of fused-ring (bicyclic) bond motifs is 1. The van der Waals surface area contributed by atoms with Crippen LogP contribution in [0.1, 0.15) is 5.69 Å². The molecule has 0 bridgehead atoms. The topological polar surface area (TPSA) is 76.9 Å². The lowest BCUT2D eigenvalue weighted by Crippen LogP contribution is -2.48. The number of aromatic nitrogens is 2. The second kappa shape index (κ2) is 10.3. The number of pyridine rings is 1. The maximum Gasteiger partial charge on any atom is 0.243 e. The van der Waals surface area contributed by atoms with Gasteiger partial charge in [0.05, 0.1) is 18.9 Å². The van der Waals surface area contributed by atoms with E-state index < -0.39 is 0 Å². The van der Waals surface area contributed by atoms with E-state index in [0.717, 1.165) is 22.8 Å². The lowest BCUT2D eigenvalue weighted by Gasteiger charge is -2.22. The number of nitrogens with zero attached hydrogens (tertiary/aromatic N) is 2. The van der Waals surface area contributed by atoms with E-state index in [4.69, 9.17) is 9.47 Å². The van der Waals surface area contributed by atoms with Crippen molar-refractivity contribution in [1.82, 2.24) is 14.7 Å². The van der Waals surface area contributed by atoms with Crippen molar-refractivity contribution in [2.45, 2.75) is 12.6 Å². The molecular formula is C19H22Cl2N4O3. The number of hydrogen-bond donors (Lipinski definition) is 2. The summed E-state index contributed by atoms with van der Waals surface area (Å²) in [5.41, 5.74) is 2.48. The molecule has 1 amide bonds. The van der Waals surface area contributed by atoms with E-state index in [1.54, 1.807) is 0 Å². The normalized spacial score (nSPS) is 15.9. The van der Waals surface area contributed by atoms with E-state index in [2.05, 4.69) is 15.6 Å². The molecule has 0 radical (unpaired) electrons. The number of anilines is 1. The quantitative estimate of drug-likeness (QED) is 0.658. The lowest BCUT2D eigenvalue weighted by molar-refractivity contribution is -0.120. The van der Waals surface area contributed by atoms with Crippen molar-refractivity contribution in [1.29, 1.82) is 0 Å². The Bertz CT molecular complexity index is 863. The lowest BCUT2D eigenvalue weighted by atomic mass is 10.2. The molecule has 3 heterocycles. The molecule has 1 aliphatic heterocycles. The minimum absolute atomic E-state index is 0. The van der Waals surface area contributed by atoms with Crippen LogP contribution in [0.25, 0.3) is 5.65 Å². The first kappa shape index (κ1) is 22.0. The number of carbonyl (C=O) groups excluding carboxylic acids is 1. The fraction of sp³-hybridized carbons (Fsp3) is 0.263. The van der Waals surface area contributed by atoms with E-state index >= 15 is 0 Å². The molecule has 28 heavy (non-hydrogen) atoms. The maximum atomic E-state index is 12.2. The predicted octanol–water partition coefficient (Wildman–Crippen LogP) is 2.68. The molecule has 9 heteroatoms. The molecule has 0 spiro atoms. The maximum absolute atomic E-state index is 12.2. The molecule has 3 aromatic rings. The largest absolute Gasteiger partial charge is 0.487 e. The van der Waals surface area contributed by atoms with E-state index in [-0.39, 0.29) is 36.8 Å². The molecular weight excluding hydrogens is 403 g/mol. The fourth-order valence-corrected chi connectivity index (χ4v) is 2.81. The Morgan fingerprint density at radius 2 is 2.07 bits per heavy atom. The SMILES string of the molecule is Cl.Cl.O=C(Nc1ccc(OCc2cn3ccccc3n2)cc1)C1COCCN1. The van der Waals surface area contributed by atoms with Crippen LogP contribution in [0, 0.1) is 0 Å². The highest BCUT2D eigenvalue weighted by Gasteiger charge is 2.21. The second-order valence-corrected chi connectivity index (χ2v) is 6.08. The van der Waals surface area contributed by atoms with Gasteiger partial charge in [0.25, 0.3) is 0 Å². The standard InChI is InChI=1S/C19H20N4O3.2ClH/c24-19(17-13-25-10-8-20-17)22-14-4-6-16(7-5-14)26-12-15-11-23-9-2-1-3-18(23)21-15;;/h1-7,9,11,17,20H,8,10,12-13H2,(H,22,24);2*1H. The van der Waals surface area contributed by atoms with Crippen LogP contribution in [0.2, 0.25) is 0 Å².